The largest absolute Gasteiger partial charge is 0.332 e. The van der Waals surface area contributed by atoms with Crippen molar-refractivity contribution in [2.45, 2.75) is 54.0 Å². The van der Waals surface area contributed by atoms with E-state index in [9.17, 15) is 4.79 Å². The Morgan fingerprint density at radius 2 is 1.68 bits per heavy atom. The highest BCUT2D eigenvalue weighted by Gasteiger charge is 2.22. The zero-order valence-electron chi connectivity index (χ0n) is 19.6. The standard InChI is InChI=1S/C26H34N4O/c1-7-21-10-12-22(13-11-21)25(17(2)3)27-16-24(31)28-26-19(5)29-30(20(26)6)23-14-8-18(4)9-15-23/h8-15,17,25,27H,7,16H2,1-6H3,(H,28,31)/p+1/t25-/m0/s1. The predicted octanol–water partition coefficient (Wildman–Crippen LogP) is 4.26. The second-order valence-corrected chi connectivity index (χ2v) is 8.65. The Morgan fingerprint density at radius 1 is 1.03 bits per heavy atom. The smallest absolute Gasteiger partial charge is 0.279 e. The first kappa shape index (κ1) is 22.8. The minimum absolute atomic E-state index is 0.00881. The normalized spacial score (nSPS) is 12.2. The summed E-state index contributed by atoms with van der Waals surface area (Å²) in [7, 11) is 0. The molecular weight excluding hydrogens is 384 g/mol. The van der Waals surface area contributed by atoms with Crippen molar-refractivity contribution < 1.29 is 10.1 Å². The fourth-order valence-corrected chi connectivity index (χ4v) is 3.95. The number of aromatic nitrogens is 2. The number of nitrogens with zero attached hydrogens (tertiary/aromatic N) is 2. The number of quaternary nitrogens is 1. The van der Waals surface area contributed by atoms with E-state index < -0.39 is 0 Å². The van der Waals surface area contributed by atoms with Gasteiger partial charge >= 0.3 is 0 Å². The highest BCUT2D eigenvalue weighted by Crippen LogP contribution is 2.23. The lowest BCUT2D eigenvalue weighted by Gasteiger charge is -2.20. The van der Waals surface area contributed by atoms with Gasteiger partial charge in [-0.15, -0.1) is 0 Å². The van der Waals surface area contributed by atoms with E-state index in [0.717, 1.165) is 29.2 Å². The van der Waals surface area contributed by atoms with Crippen LogP contribution in [0.5, 0.6) is 0 Å². The van der Waals surface area contributed by atoms with Gasteiger partial charge in [-0.1, -0.05) is 62.7 Å². The van der Waals surface area contributed by atoms with Crippen molar-refractivity contribution >= 4 is 11.6 Å². The van der Waals surface area contributed by atoms with E-state index in [-0.39, 0.29) is 11.9 Å². The number of carbonyl (C=O) groups is 1. The molecule has 1 heterocycles. The van der Waals surface area contributed by atoms with E-state index in [4.69, 9.17) is 0 Å². The maximum absolute atomic E-state index is 12.8. The van der Waals surface area contributed by atoms with Crippen LogP contribution in [0.25, 0.3) is 5.69 Å². The maximum atomic E-state index is 12.8. The van der Waals surface area contributed by atoms with E-state index in [1.54, 1.807) is 0 Å². The molecule has 0 aliphatic rings. The Bertz CT molecular complexity index is 1020. The fraction of sp³-hybridized carbons (Fsp3) is 0.385. The Hall–Kier alpha value is -2.92. The van der Waals surface area contributed by atoms with Gasteiger partial charge in [0.15, 0.2) is 6.54 Å². The summed E-state index contributed by atoms with van der Waals surface area (Å²) in [4.78, 5) is 12.8. The van der Waals surface area contributed by atoms with Crippen molar-refractivity contribution in [2.24, 2.45) is 5.92 Å². The van der Waals surface area contributed by atoms with Crippen LogP contribution in [0.4, 0.5) is 5.69 Å². The first-order valence-electron chi connectivity index (χ1n) is 11.2. The zero-order chi connectivity index (χ0) is 22.5. The van der Waals surface area contributed by atoms with E-state index in [0.29, 0.717) is 12.5 Å². The molecule has 0 aliphatic carbocycles. The van der Waals surface area contributed by atoms with Crippen LogP contribution >= 0.6 is 0 Å². The molecule has 3 N–H and O–H groups in total. The number of anilines is 1. The van der Waals surface area contributed by atoms with Crippen LogP contribution < -0.4 is 10.6 Å². The van der Waals surface area contributed by atoms with Crippen LogP contribution in [-0.4, -0.2) is 22.2 Å². The molecule has 0 unspecified atom stereocenters. The summed E-state index contributed by atoms with van der Waals surface area (Å²) >= 11 is 0. The van der Waals surface area contributed by atoms with Crippen LogP contribution in [0.15, 0.2) is 48.5 Å². The number of nitrogens with one attached hydrogen (secondary N) is 1. The summed E-state index contributed by atoms with van der Waals surface area (Å²) < 4.78 is 1.89. The van der Waals surface area contributed by atoms with Crippen molar-refractivity contribution in [1.82, 2.24) is 9.78 Å². The average molecular weight is 420 g/mol. The third-order valence-electron chi connectivity index (χ3n) is 5.88. The third kappa shape index (κ3) is 5.42. The molecule has 1 atom stereocenters. The number of nitrogens with two attached hydrogens (primary N) is 1. The van der Waals surface area contributed by atoms with Gasteiger partial charge in [0.1, 0.15) is 6.04 Å². The number of rotatable bonds is 8. The molecule has 0 saturated heterocycles. The number of benzene rings is 2. The number of hydrogen-bond acceptors (Lipinski definition) is 2. The Kier molecular flexibility index (Phi) is 7.29. The summed E-state index contributed by atoms with van der Waals surface area (Å²) in [6.07, 6.45) is 1.04. The van der Waals surface area contributed by atoms with Gasteiger partial charge in [-0.2, -0.15) is 5.10 Å². The molecule has 0 fully saturated rings. The molecule has 3 rings (SSSR count). The van der Waals surface area contributed by atoms with E-state index in [1.807, 2.05) is 30.7 Å². The van der Waals surface area contributed by atoms with Gasteiger partial charge in [-0.05, 0) is 44.9 Å². The van der Waals surface area contributed by atoms with Gasteiger partial charge in [0.2, 0.25) is 0 Å². The van der Waals surface area contributed by atoms with E-state index in [1.165, 1.54) is 16.7 Å². The summed E-state index contributed by atoms with van der Waals surface area (Å²) in [6, 6.07) is 17.2. The molecule has 0 aliphatic heterocycles. The molecule has 1 aromatic heterocycles. The highest BCUT2D eigenvalue weighted by molar-refractivity contribution is 5.92. The lowest BCUT2D eigenvalue weighted by atomic mass is 9.95. The highest BCUT2D eigenvalue weighted by atomic mass is 16.1. The summed E-state index contributed by atoms with van der Waals surface area (Å²) in [6.45, 7) is 12.9. The van der Waals surface area contributed by atoms with Crippen molar-refractivity contribution in [3.8, 4) is 5.69 Å². The summed E-state index contributed by atoms with van der Waals surface area (Å²) in [5.74, 6) is 0.415. The lowest BCUT2D eigenvalue weighted by molar-refractivity contribution is -0.692. The zero-order valence-corrected chi connectivity index (χ0v) is 19.6. The first-order valence-corrected chi connectivity index (χ1v) is 11.2. The minimum atomic E-state index is -0.00881. The molecule has 1 amide bonds. The van der Waals surface area contributed by atoms with Gasteiger partial charge in [0.25, 0.3) is 5.91 Å². The Balaban J connectivity index is 1.69. The van der Waals surface area contributed by atoms with Gasteiger partial charge in [-0.3, -0.25) is 4.79 Å². The van der Waals surface area contributed by atoms with Gasteiger partial charge < -0.3 is 10.6 Å². The predicted molar refractivity (Wildman–Crippen MR) is 127 cm³/mol. The number of carbonyl (C=O) groups excluding carboxylic acids is 1. The quantitative estimate of drug-likeness (QED) is 0.573. The molecule has 3 aromatic rings. The molecule has 0 bridgehead atoms. The molecule has 5 heteroatoms. The third-order valence-corrected chi connectivity index (χ3v) is 5.88. The van der Waals surface area contributed by atoms with Crippen LogP contribution in [0, 0.1) is 26.7 Å². The van der Waals surface area contributed by atoms with Crippen molar-refractivity contribution in [1.29, 1.82) is 0 Å². The molecular formula is C26H35N4O+. The van der Waals surface area contributed by atoms with E-state index in [2.05, 4.69) is 79.8 Å². The molecule has 0 radical (unpaired) electrons. The SMILES string of the molecule is CCc1ccc([C@@H]([NH2+]CC(=O)Nc2c(C)nn(-c3ccc(C)cc3)c2C)C(C)C)cc1. The maximum Gasteiger partial charge on any atom is 0.279 e. The monoisotopic (exact) mass is 419 g/mol. The fourth-order valence-electron chi connectivity index (χ4n) is 3.95. The van der Waals surface area contributed by atoms with Gasteiger partial charge in [0, 0.05) is 11.5 Å². The second-order valence-electron chi connectivity index (χ2n) is 8.65. The van der Waals surface area contributed by atoms with Crippen LogP contribution in [0.3, 0.4) is 0 Å². The number of aryl methyl sites for hydroxylation is 3. The van der Waals surface area contributed by atoms with Crippen molar-refractivity contribution in [3.05, 3.63) is 76.6 Å². The topological polar surface area (TPSA) is 63.5 Å². The summed E-state index contributed by atoms with van der Waals surface area (Å²) in [5, 5.41) is 9.87. The van der Waals surface area contributed by atoms with Crippen molar-refractivity contribution in [2.75, 3.05) is 11.9 Å². The van der Waals surface area contributed by atoms with Crippen molar-refractivity contribution in [3.63, 3.8) is 0 Å². The van der Waals surface area contributed by atoms with Crippen LogP contribution in [-0.2, 0) is 11.2 Å². The minimum Gasteiger partial charge on any atom is -0.332 e. The average Bonchev–Trinajstić information content (AvgIpc) is 3.03. The van der Waals surface area contributed by atoms with Gasteiger partial charge in [-0.25, -0.2) is 4.68 Å². The van der Waals surface area contributed by atoms with E-state index >= 15 is 0 Å². The first-order chi connectivity index (χ1) is 14.8. The van der Waals surface area contributed by atoms with Gasteiger partial charge in [0.05, 0.1) is 22.8 Å². The molecule has 5 nitrogen and oxygen atoms in total. The lowest BCUT2D eigenvalue weighted by Crippen LogP contribution is -2.88. The van der Waals surface area contributed by atoms with Crippen LogP contribution in [0.2, 0.25) is 0 Å². The molecule has 31 heavy (non-hydrogen) atoms. The Morgan fingerprint density at radius 3 is 2.26 bits per heavy atom. The molecule has 2 aromatic carbocycles. The second kappa shape index (κ2) is 9.92. The number of hydrogen-bond donors (Lipinski definition) is 2. The van der Waals surface area contributed by atoms with Crippen LogP contribution in [0.1, 0.15) is 54.9 Å². The Labute approximate surface area is 185 Å². The molecule has 0 saturated carbocycles. The summed E-state index contributed by atoms with van der Waals surface area (Å²) in [5.41, 5.74) is 7.35. The number of amides is 1. The molecule has 0 spiro atoms. The molecule has 164 valence electrons.